The minimum Gasteiger partial charge on any atom is -0.231 e. The maximum absolute atomic E-state index is 8.29. The zero-order chi connectivity index (χ0) is 9.52. The summed E-state index contributed by atoms with van der Waals surface area (Å²) in [5.74, 6) is 0. The highest BCUT2D eigenvalue weighted by Crippen LogP contribution is 2.07. The standard InChI is InChI=1S/C9H9N3S/c1-13-9-11-6-8(7-12-9)4-2-3-5-10/h2,4,6-7H,3H2,1H3. The summed E-state index contributed by atoms with van der Waals surface area (Å²) in [6.07, 6.45) is 9.47. The van der Waals surface area contributed by atoms with Crippen LogP contribution in [0, 0.1) is 11.3 Å². The highest BCUT2D eigenvalue weighted by Gasteiger charge is 1.91. The average molecular weight is 191 g/mol. The van der Waals surface area contributed by atoms with Crippen LogP contribution in [0.15, 0.2) is 23.6 Å². The van der Waals surface area contributed by atoms with Crippen LogP contribution in [0.5, 0.6) is 0 Å². The van der Waals surface area contributed by atoms with E-state index in [0.29, 0.717) is 6.42 Å². The highest BCUT2D eigenvalue weighted by molar-refractivity contribution is 7.98. The molecule has 0 aliphatic carbocycles. The van der Waals surface area contributed by atoms with E-state index in [2.05, 4.69) is 9.97 Å². The molecule has 0 aliphatic rings. The van der Waals surface area contributed by atoms with Crippen LogP contribution in [0.25, 0.3) is 6.08 Å². The first-order valence-corrected chi connectivity index (χ1v) is 4.99. The molecule has 0 atom stereocenters. The number of nitrogens with zero attached hydrogens (tertiary/aromatic N) is 3. The molecule has 13 heavy (non-hydrogen) atoms. The van der Waals surface area contributed by atoms with Gasteiger partial charge in [-0.3, -0.25) is 0 Å². The number of hydrogen-bond acceptors (Lipinski definition) is 4. The molecule has 0 saturated heterocycles. The molecule has 0 N–H and O–H groups in total. The molecule has 0 bridgehead atoms. The van der Waals surface area contributed by atoms with Gasteiger partial charge >= 0.3 is 0 Å². The molecular formula is C9H9N3S. The lowest BCUT2D eigenvalue weighted by Gasteiger charge is -1.93. The summed E-state index contributed by atoms with van der Waals surface area (Å²) in [6.45, 7) is 0. The summed E-state index contributed by atoms with van der Waals surface area (Å²) < 4.78 is 0. The second kappa shape index (κ2) is 5.33. The molecule has 0 aromatic carbocycles. The Balaban J connectivity index is 2.65. The summed E-state index contributed by atoms with van der Waals surface area (Å²) in [7, 11) is 0. The van der Waals surface area contributed by atoms with Crippen molar-refractivity contribution in [1.29, 1.82) is 5.26 Å². The van der Waals surface area contributed by atoms with Crippen molar-refractivity contribution in [2.75, 3.05) is 6.26 Å². The van der Waals surface area contributed by atoms with E-state index < -0.39 is 0 Å². The summed E-state index contributed by atoms with van der Waals surface area (Å²) >= 11 is 1.51. The zero-order valence-electron chi connectivity index (χ0n) is 7.27. The topological polar surface area (TPSA) is 49.6 Å². The quantitative estimate of drug-likeness (QED) is 0.542. The van der Waals surface area contributed by atoms with E-state index in [0.717, 1.165) is 10.7 Å². The zero-order valence-corrected chi connectivity index (χ0v) is 8.08. The molecule has 0 radical (unpaired) electrons. The number of nitriles is 1. The number of rotatable bonds is 3. The van der Waals surface area contributed by atoms with Crippen LogP contribution < -0.4 is 0 Å². The molecular weight excluding hydrogens is 182 g/mol. The van der Waals surface area contributed by atoms with Gasteiger partial charge in [-0.2, -0.15) is 5.26 Å². The van der Waals surface area contributed by atoms with Gasteiger partial charge in [0.05, 0.1) is 12.5 Å². The Morgan fingerprint density at radius 3 is 2.77 bits per heavy atom. The fourth-order valence-electron chi connectivity index (χ4n) is 0.765. The molecule has 1 aromatic rings. The Labute approximate surface area is 81.5 Å². The molecule has 1 heterocycles. The van der Waals surface area contributed by atoms with Crippen LogP contribution in [0.2, 0.25) is 0 Å². The van der Waals surface area contributed by atoms with Gasteiger partial charge in [-0.05, 0) is 6.26 Å². The third-order valence-electron chi connectivity index (χ3n) is 1.35. The van der Waals surface area contributed by atoms with Crippen molar-refractivity contribution in [2.24, 2.45) is 0 Å². The second-order valence-electron chi connectivity index (χ2n) is 2.27. The van der Waals surface area contributed by atoms with Crippen LogP contribution in [0.3, 0.4) is 0 Å². The van der Waals surface area contributed by atoms with Crippen molar-refractivity contribution in [3.63, 3.8) is 0 Å². The van der Waals surface area contributed by atoms with Gasteiger partial charge in [0.15, 0.2) is 5.16 Å². The van der Waals surface area contributed by atoms with E-state index >= 15 is 0 Å². The van der Waals surface area contributed by atoms with Crippen molar-refractivity contribution in [1.82, 2.24) is 9.97 Å². The van der Waals surface area contributed by atoms with Crippen molar-refractivity contribution in [2.45, 2.75) is 11.6 Å². The van der Waals surface area contributed by atoms with E-state index in [1.54, 1.807) is 18.5 Å². The number of thioether (sulfide) groups is 1. The van der Waals surface area contributed by atoms with E-state index in [4.69, 9.17) is 5.26 Å². The second-order valence-corrected chi connectivity index (χ2v) is 3.04. The molecule has 0 saturated carbocycles. The van der Waals surface area contributed by atoms with E-state index in [1.807, 2.05) is 18.4 Å². The average Bonchev–Trinajstić information content (AvgIpc) is 2.19. The molecule has 3 nitrogen and oxygen atoms in total. The first kappa shape index (κ1) is 9.75. The van der Waals surface area contributed by atoms with Gasteiger partial charge in [0.1, 0.15) is 0 Å². The minimum atomic E-state index is 0.421. The van der Waals surface area contributed by atoms with Crippen LogP contribution in [0.1, 0.15) is 12.0 Å². The SMILES string of the molecule is CSc1ncc(C=CCC#N)cn1. The summed E-state index contributed by atoms with van der Waals surface area (Å²) in [5, 5.41) is 9.05. The fourth-order valence-corrected chi connectivity index (χ4v) is 1.08. The smallest absolute Gasteiger partial charge is 0.187 e. The van der Waals surface area contributed by atoms with Crippen LogP contribution in [0.4, 0.5) is 0 Å². The predicted octanol–water partition coefficient (Wildman–Crippen LogP) is 2.13. The van der Waals surface area contributed by atoms with Gasteiger partial charge < -0.3 is 0 Å². The lowest BCUT2D eigenvalue weighted by Crippen LogP contribution is -1.84. The third kappa shape index (κ3) is 3.26. The van der Waals surface area contributed by atoms with Crippen LogP contribution in [-0.2, 0) is 0 Å². The van der Waals surface area contributed by atoms with Gasteiger partial charge in [0, 0.05) is 18.0 Å². The van der Waals surface area contributed by atoms with Crippen molar-refractivity contribution in [3.8, 4) is 6.07 Å². The maximum atomic E-state index is 8.29. The van der Waals surface area contributed by atoms with Crippen LogP contribution in [-0.4, -0.2) is 16.2 Å². The Morgan fingerprint density at radius 1 is 1.54 bits per heavy atom. The Morgan fingerprint density at radius 2 is 2.23 bits per heavy atom. The van der Waals surface area contributed by atoms with Gasteiger partial charge in [0.2, 0.25) is 0 Å². The van der Waals surface area contributed by atoms with Gasteiger partial charge in [-0.1, -0.05) is 23.9 Å². The lowest BCUT2D eigenvalue weighted by atomic mass is 10.3. The Kier molecular flexibility index (Phi) is 4.00. The van der Waals surface area contributed by atoms with Crippen molar-refractivity contribution >= 4 is 17.8 Å². The van der Waals surface area contributed by atoms with Gasteiger partial charge in [-0.15, -0.1) is 0 Å². The Bertz CT molecular complexity index is 324. The predicted molar refractivity (Wildman–Crippen MR) is 53.1 cm³/mol. The van der Waals surface area contributed by atoms with E-state index in [9.17, 15) is 0 Å². The number of hydrogen-bond donors (Lipinski definition) is 0. The fraction of sp³-hybridized carbons (Fsp3) is 0.222. The largest absolute Gasteiger partial charge is 0.231 e. The summed E-state index contributed by atoms with van der Waals surface area (Å²) in [6, 6.07) is 2.03. The molecule has 0 spiro atoms. The summed E-state index contributed by atoms with van der Waals surface area (Å²) in [4.78, 5) is 8.19. The molecule has 1 aromatic heterocycles. The van der Waals surface area contributed by atoms with Crippen molar-refractivity contribution in [3.05, 3.63) is 24.0 Å². The van der Waals surface area contributed by atoms with Gasteiger partial charge in [0.25, 0.3) is 0 Å². The highest BCUT2D eigenvalue weighted by atomic mass is 32.2. The first-order valence-electron chi connectivity index (χ1n) is 3.76. The lowest BCUT2D eigenvalue weighted by molar-refractivity contribution is 0.965. The molecule has 0 unspecified atom stereocenters. The monoisotopic (exact) mass is 191 g/mol. The first-order chi connectivity index (χ1) is 6.36. The normalized spacial score (nSPS) is 10.2. The molecule has 4 heteroatoms. The summed E-state index contributed by atoms with van der Waals surface area (Å²) in [5.41, 5.74) is 0.924. The third-order valence-corrected chi connectivity index (χ3v) is 1.93. The molecule has 0 aliphatic heterocycles. The van der Waals surface area contributed by atoms with Gasteiger partial charge in [-0.25, -0.2) is 9.97 Å². The van der Waals surface area contributed by atoms with Crippen molar-refractivity contribution < 1.29 is 0 Å². The molecule has 66 valence electrons. The number of aromatic nitrogens is 2. The van der Waals surface area contributed by atoms with E-state index in [-0.39, 0.29) is 0 Å². The number of allylic oxidation sites excluding steroid dienone is 1. The molecule has 0 amide bonds. The maximum Gasteiger partial charge on any atom is 0.187 e. The van der Waals surface area contributed by atoms with E-state index in [1.165, 1.54) is 11.8 Å². The minimum absolute atomic E-state index is 0.421. The molecule has 0 fully saturated rings. The molecule has 1 rings (SSSR count). The van der Waals surface area contributed by atoms with Crippen LogP contribution >= 0.6 is 11.8 Å². The Hall–Kier alpha value is -1.34.